The fourth-order valence-electron chi connectivity index (χ4n) is 3.54. The Kier molecular flexibility index (Phi) is 6.07. The van der Waals surface area contributed by atoms with Gasteiger partial charge in [0.1, 0.15) is 0 Å². The van der Waals surface area contributed by atoms with Gasteiger partial charge in [0.05, 0.1) is 22.2 Å². The predicted octanol–water partition coefficient (Wildman–Crippen LogP) is 4.15. The molecule has 1 aliphatic rings. The van der Waals surface area contributed by atoms with E-state index in [1.165, 1.54) is 30.3 Å². The van der Waals surface area contributed by atoms with Crippen molar-refractivity contribution in [2.45, 2.75) is 43.5 Å². The van der Waals surface area contributed by atoms with E-state index in [0.717, 1.165) is 18.2 Å². The van der Waals surface area contributed by atoms with Crippen LogP contribution in [0.25, 0.3) is 0 Å². The number of ether oxygens (including phenoxy) is 1. The minimum Gasteiger partial charge on any atom is -0.369 e. The first kappa shape index (κ1) is 23.1. The molecular formula is C21H23F3N2O4S. The van der Waals surface area contributed by atoms with Gasteiger partial charge in [-0.2, -0.15) is 13.2 Å². The van der Waals surface area contributed by atoms with Gasteiger partial charge < -0.3 is 9.64 Å². The number of sulfonamides is 1. The maximum atomic E-state index is 12.8. The molecule has 0 saturated carbocycles. The third kappa shape index (κ3) is 5.56. The second kappa shape index (κ2) is 8.16. The number of hydrogen-bond donors (Lipinski definition) is 1. The summed E-state index contributed by atoms with van der Waals surface area (Å²) < 4.78 is 71.6. The minimum atomic E-state index is -4.59. The average molecular weight is 456 g/mol. The number of carbonyl (C=O) groups excluding carboxylic acids is 1. The number of benzene rings is 2. The molecule has 0 aliphatic carbocycles. The molecular weight excluding hydrogens is 433 g/mol. The molecule has 0 spiro atoms. The Labute approximate surface area is 179 Å². The third-order valence-electron chi connectivity index (χ3n) is 4.71. The van der Waals surface area contributed by atoms with Crippen molar-refractivity contribution in [1.29, 1.82) is 0 Å². The molecule has 1 unspecified atom stereocenters. The molecule has 1 N–H and O–H groups in total. The average Bonchev–Trinajstić information content (AvgIpc) is 2.65. The van der Waals surface area contributed by atoms with Crippen LogP contribution in [0.3, 0.4) is 0 Å². The minimum absolute atomic E-state index is 0.135. The Balaban J connectivity index is 1.77. The lowest BCUT2D eigenvalue weighted by Gasteiger charge is -2.41. The zero-order valence-corrected chi connectivity index (χ0v) is 18.0. The van der Waals surface area contributed by atoms with E-state index in [4.69, 9.17) is 4.74 Å². The molecule has 3 rings (SSSR count). The summed E-state index contributed by atoms with van der Waals surface area (Å²) in [7, 11) is -4.13. The highest BCUT2D eigenvalue weighted by Crippen LogP contribution is 2.31. The van der Waals surface area contributed by atoms with Gasteiger partial charge in [-0.25, -0.2) is 8.42 Å². The van der Waals surface area contributed by atoms with Crippen LogP contribution in [0.4, 0.5) is 18.9 Å². The SMILES string of the molecule is CC1CN(C(=O)c2ccc(S(=O)(=O)Nc3cccc(C(F)(F)F)c3)cc2)CC(C)(C)O1. The monoisotopic (exact) mass is 456 g/mol. The molecule has 2 aromatic rings. The maximum Gasteiger partial charge on any atom is 0.416 e. The molecule has 0 bridgehead atoms. The highest BCUT2D eigenvalue weighted by Gasteiger charge is 2.34. The van der Waals surface area contributed by atoms with Crippen molar-refractivity contribution >= 4 is 21.6 Å². The Morgan fingerprint density at radius 2 is 1.81 bits per heavy atom. The summed E-state index contributed by atoms with van der Waals surface area (Å²) in [6.07, 6.45) is -4.72. The first-order chi connectivity index (χ1) is 14.3. The molecule has 0 aromatic heterocycles. The van der Waals surface area contributed by atoms with Gasteiger partial charge in [-0.3, -0.25) is 9.52 Å². The number of carbonyl (C=O) groups is 1. The third-order valence-corrected chi connectivity index (χ3v) is 6.11. The fraction of sp³-hybridized carbons (Fsp3) is 0.381. The lowest BCUT2D eigenvalue weighted by molar-refractivity contribution is -0.137. The number of amides is 1. The molecule has 10 heteroatoms. The summed E-state index contributed by atoms with van der Waals surface area (Å²) in [5, 5.41) is 0. The largest absolute Gasteiger partial charge is 0.416 e. The second-order valence-corrected chi connectivity index (χ2v) is 9.76. The van der Waals surface area contributed by atoms with Gasteiger partial charge in [0.15, 0.2) is 0 Å². The second-order valence-electron chi connectivity index (χ2n) is 8.08. The first-order valence-corrected chi connectivity index (χ1v) is 11.0. The standard InChI is InChI=1S/C21H23F3N2O4S/c1-14-12-26(13-20(2,3)30-14)19(27)15-7-9-18(10-8-15)31(28,29)25-17-6-4-5-16(11-17)21(22,23)24/h4-11,14,25H,12-13H2,1-3H3. The van der Waals surface area contributed by atoms with E-state index < -0.39 is 27.4 Å². The van der Waals surface area contributed by atoms with Crippen molar-refractivity contribution in [3.8, 4) is 0 Å². The Morgan fingerprint density at radius 3 is 2.39 bits per heavy atom. The molecule has 2 aromatic carbocycles. The van der Waals surface area contributed by atoms with Gasteiger partial charge in [0.2, 0.25) is 0 Å². The Bertz CT molecular complexity index is 1070. The van der Waals surface area contributed by atoms with Crippen LogP contribution in [-0.2, 0) is 20.9 Å². The van der Waals surface area contributed by atoms with Crippen LogP contribution in [0.15, 0.2) is 53.4 Å². The van der Waals surface area contributed by atoms with Crippen molar-refractivity contribution in [3.63, 3.8) is 0 Å². The van der Waals surface area contributed by atoms with Gasteiger partial charge in [0, 0.05) is 24.3 Å². The number of rotatable bonds is 4. The highest BCUT2D eigenvalue weighted by molar-refractivity contribution is 7.92. The molecule has 1 atom stereocenters. The number of alkyl halides is 3. The summed E-state index contributed by atoms with van der Waals surface area (Å²) in [5.41, 5.74) is -1.36. The van der Waals surface area contributed by atoms with Gasteiger partial charge in [0.25, 0.3) is 15.9 Å². The topological polar surface area (TPSA) is 75.7 Å². The summed E-state index contributed by atoms with van der Waals surface area (Å²) in [4.78, 5) is 14.3. The molecule has 168 valence electrons. The number of halogens is 3. The van der Waals surface area contributed by atoms with E-state index in [0.29, 0.717) is 18.7 Å². The summed E-state index contributed by atoms with van der Waals surface area (Å²) in [5.74, 6) is -0.252. The van der Waals surface area contributed by atoms with Gasteiger partial charge in [-0.1, -0.05) is 6.07 Å². The molecule has 0 radical (unpaired) electrons. The quantitative estimate of drug-likeness (QED) is 0.750. The Morgan fingerprint density at radius 1 is 1.16 bits per heavy atom. The predicted molar refractivity (Wildman–Crippen MR) is 109 cm³/mol. The van der Waals surface area contributed by atoms with E-state index in [-0.39, 0.29) is 22.6 Å². The molecule has 1 heterocycles. The molecule has 31 heavy (non-hydrogen) atoms. The molecule has 1 amide bonds. The van der Waals surface area contributed by atoms with E-state index in [9.17, 15) is 26.4 Å². The smallest absolute Gasteiger partial charge is 0.369 e. The van der Waals surface area contributed by atoms with Crippen LogP contribution in [0.5, 0.6) is 0 Å². The van der Waals surface area contributed by atoms with Crippen LogP contribution in [0.1, 0.15) is 36.7 Å². The first-order valence-electron chi connectivity index (χ1n) is 9.54. The van der Waals surface area contributed by atoms with Crippen molar-refractivity contribution < 1.29 is 31.1 Å². The van der Waals surface area contributed by atoms with Gasteiger partial charge in [-0.15, -0.1) is 0 Å². The van der Waals surface area contributed by atoms with Crippen molar-refractivity contribution in [2.24, 2.45) is 0 Å². The Hall–Kier alpha value is -2.59. The van der Waals surface area contributed by atoms with Gasteiger partial charge in [-0.05, 0) is 63.2 Å². The lowest BCUT2D eigenvalue weighted by atomic mass is 10.0. The summed E-state index contributed by atoms with van der Waals surface area (Å²) >= 11 is 0. The fourth-order valence-corrected chi connectivity index (χ4v) is 4.59. The maximum absolute atomic E-state index is 12.8. The number of nitrogens with one attached hydrogen (secondary N) is 1. The van der Waals surface area contributed by atoms with Crippen LogP contribution < -0.4 is 4.72 Å². The highest BCUT2D eigenvalue weighted by atomic mass is 32.2. The van der Waals surface area contributed by atoms with E-state index in [1.807, 2.05) is 20.8 Å². The number of morpholine rings is 1. The normalized spacial score (nSPS) is 19.2. The lowest BCUT2D eigenvalue weighted by Crippen LogP contribution is -2.53. The molecule has 1 aliphatic heterocycles. The molecule has 6 nitrogen and oxygen atoms in total. The summed E-state index contributed by atoms with van der Waals surface area (Å²) in [6.45, 7) is 6.46. The molecule has 1 fully saturated rings. The van der Waals surface area contributed by atoms with Crippen LogP contribution >= 0.6 is 0 Å². The zero-order valence-electron chi connectivity index (χ0n) is 17.2. The van der Waals surface area contributed by atoms with E-state index in [1.54, 1.807) is 4.90 Å². The summed E-state index contributed by atoms with van der Waals surface area (Å²) in [6, 6.07) is 9.19. The van der Waals surface area contributed by atoms with Gasteiger partial charge >= 0.3 is 6.18 Å². The van der Waals surface area contributed by atoms with E-state index in [2.05, 4.69) is 4.72 Å². The van der Waals surface area contributed by atoms with Crippen LogP contribution in [0, 0.1) is 0 Å². The van der Waals surface area contributed by atoms with Crippen molar-refractivity contribution in [3.05, 3.63) is 59.7 Å². The number of nitrogens with zero attached hydrogens (tertiary/aromatic N) is 1. The van der Waals surface area contributed by atoms with Crippen LogP contribution in [-0.4, -0.2) is 44.0 Å². The van der Waals surface area contributed by atoms with Crippen LogP contribution in [0.2, 0.25) is 0 Å². The number of anilines is 1. The zero-order chi connectivity index (χ0) is 23.0. The van der Waals surface area contributed by atoms with Crippen molar-refractivity contribution in [1.82, 2.24) is 4.90 Å². The number of hydrogen-bond acceptors (Lipinski definition) is 4. The van der Waals surface area contributed by atoms with E-state index >= 15 is 0 Å². The van der Waals surface area contributed by atoms with Crippen molar-refractivity contribution in [2.75, 3.05) is 17.8 Å². The molecule has 1 saturated heterocycles.